The third-order valence-electron chi connectivity index (χ3n) is 2.40. The Kier molecular flexibility index (Phi) is 3.06. The van der Waals surface area contributed by atoms with Crippen molar-refractivity contribution in [2.45, 2.75) is 6.54 Å². The van der Waals surface area contributed by atoms with Crippen LogP contribution in [0.1, 0.15) is 21.5 Å². The number of benzene rings is 1. The number of carboxylic acid groups (broad SMARTS) is 1. The van der Waals surface area contributed by atoms with Crippen molar-refractivity contribution in [1.29, 1.82) is 5.26 Å². The molecule has 0 saturated carbocycles. The highest BCUT2D eigenvalue weighted by Crippen LogP contribution is 2.12. The molecule has 1 heterocycles. The maximum Gasteiger partial charge on any atom is 0.338 e. The van der Waals surface area contributed by atoms with Gasteiger partial charge in [0.05, 0.1) is 29.9 Å². The minimum Gasteiger partial charge on any atom is -0.478 e. The van der Waals surface area contributed by atoms with Gasteiger partial charge in [-0.15, -0.1) is 0 Å². The van der Waals surface area contributed by atoms with E-state index in [-0.39, 0.29) is 12.1 Å². The highest BCUT2D eigenvalue weighted by atomic mass is 19.1. The van der Waals surface area contributed by atoms with Crippen LogP contribution < -0.4 is 0 Å². The summed E-state index contributed by atoms with van der Waals surface area (Å²) in [5.41, 5.74) is 0.839. The van der Waals surface area contributed by atoms with Gasteiger partial charge in [0, 0.05) is 6.20 Å². The van der Waals surface area contributed by atoms with Crippen LogP contribution in [0.15, 0.2) is 30.6 Å². The molecule has 1 aromatic heterocycles. The van der Waals surface area contributed by atoms with Crippen molar-refractivity contribution < 1.29 is 14.3 Å². The van der Waals surface area contributed by atoms with Crippen LogP contribution in [0.5, 0.6) is 0 Å². The number of aromatic carboxylic acids is 1. The zero-order valence-electron chi connectivity index (χ0n) is 9.17. The topological polar surface area (TPSA) is 78.9 Å². The molecule has 90 valence electrons. The van der Waals surface area contributed by atoms with Gasteiger partial charge in [-0.25, -0.2) is 9.18 Å². The zero-order chi connectivity index (χ0) is 13.1. The summed E-state index contributed by atoms with van der Waals surface area (Å²) in [7, 11) is 0. The van der Waals surface area contributed by atoms with E-state index in [2.05, 4.69) is 5.10 Å². The van der Waals surface area contributed by atoms with Crippen molar-refractivity contribution >= 4 is 5.97 Å². The number of rotatable bonds is 3. The fourth-order valence-corrected chi connectivity index (χ4v) is 1.54. The van der Waals surface area contributed by atoms with E-state index in [1.54, 1.807) is 0 Å². The first kappa shape index (κ1) is 11.8. The van der Waals surface area contributed by atoms with E-state index < -0.39 is 11.8 Å². The Morgan fingerprint density at radius 1 is 1.56 bits per heavy atom. The van der Waals surface area contributed by atoms with Crippen LogP contribution in [0.2, 0.25) is 0 Å². The van der Waals surface area contributed by atoms with E-state index in [0.29, 0.717) is 11.1 Å². The van der Waals surface area contributed by atoms with E-state index in [9.17, 15) is 9.18 Å². The van der Waals surface area contributed by atoms with Crippen molar-refractivity contribution in [3.05, 3.63) is 53.1 Å². The van der Waals surface area contributed by atoms with E-state index in [1.807, 2.05) is 6.07 Å². The lowest BCUT2D eigenvalue weighted by Gasteiger charge is -2.04. The average molecular weight is 245 g/mol. The van der Waals surface area contributed by atoms with E-state index in [1.165, 1.54) is 35.3 Å². The Balaban J connectivity index is 2.30. The van der Waals surface area contributed by atoms with Crippen LogP contribution in [0.4, 0.5) is 4.39 Å². The number of halogens is 1. The smallest absolute Gasteiger partial charge is 0.338 e. The molecule has 0 atom stereocenters. The molecule has 6 heteroatoms. The lowest BCUT2D eigenvalue weighted by atomic mass is 10.1. The third-order valence-corrected chi connectivity index (χ3v) is 2.40. The van der Waals surface area contributed by atoms with Gasteiger partial charge in [0.2, 0.25) is 0 Å². The molecule has 2 rings (SSSR count). The summed E-state index contributed by atoms with van der Waals surface area (Å²) in [4.78, 5) is 10.7. The van der Waals surface area contributed by atoms with Crippen molar-refractivity contribution in [2.75, 3.05) is 0 Å². The van der Waals surface area contributed by atoms with Crippen molar-refractivity contribution in [3.63, 3.8) is 0 Å². The van der Waals surface area contributed by atoms with Gasteiger partial charge in [-0.1, -0.05) is 0 Å². The zero-order valence-corrected chi connectivity index (χ0v) is 9.17. The second-order valence-corrected chi connectivity index (χ2v) is 3.65. The van der Waals surface area contributed by atoms with Crippen molar-refractivity contribution in [2.24, 2.45) is 0 Å². The second kappa shape index (κ2) is 4.67. The maximum absolute atomic E-state index is 13.1. The normalized spacial score (nSPS) is 10.0. The van der Waals surface area contributed by atoms with Gasteiger partial charge in [-0.2, -0.15) is 10.4 Å². The largest absolute Gasteiger partial charge is 0.478 e. The van der Waals surface area contributed by atoms with E-state index in [4.69, 9.17) is 10.4 Å². The Bertz CT molecular complexity index is 643. The fourth-order valence-electron chi connectivity index (χ4n) is 1.54. The van der Waals surface area contributed by atoms with Crippen LogP contribution in [-0.2, 0) is 6.54 Å². The monoisotopic (exact) mass is 245 g/mol. The van der Waals surface area contributed by atoms with E-state index in [0.717, 1.165) is 0 Å². The SMILES string of the molecule is N#Cc1ccc(F)cc1Cn1cc(C(=O)O)cn1. The number of nitriles is 1. The summed E-state index contributed by atoms with van der Waals surface area (Å²) in [5.74, 6) is -1.53. The van der Waals surface area contributed by atoms with Crippen molar-refractivity contribution in [1.82, 2.24) is 9.78 Å². The predicted molar refractivity (Wildman–Crippen MR) is 59.4 cm³/mol. The molecule has 5 nitrogen and oxygen atoms in total. The highest BCUT2D eigenvalue weighted by Gasteiger charge is 2.09. The van der Waals surface area contributed by atoms with Gasteiger partial charge in [0.25, 0.3) is 0 Å². The van der Waals surface area contributed by atoms with Gasteiger partial charge in [0.15, 0.2) is 0 Å². The first-order valence-corrected chi connectivity index (χ1v) is 5.04. The summed E-state index contributed by atoms with van der Waals surface area (Å²) < 4.78 is 14.4. The molecular weight excluding hydrogens is 237 g/mol. The summed E-state index contributed by atoms with van der Waals surface area (Å²) in [6.45, 7) is 0.147. The standard InChI is InChI=1S/C12H8FN3O2/c13-11-2-1-8(4-14)9(3-11)6-16-7-10(5-15-16)12(17)18/h1-3,5,7H,6H2,(H,17,18). The summed E-state index contributed by atoms with van der Waals surface area (Å²) >= 11 is 0. The summed E-state index contributed by atoms with van der Waals surface area (Å²) in [6, 6.07) is 5.77. The molecule has 0 unspecified atom stereocenters. The van der Waals surface area contributed by atoms with Crippen LogP contribution in [0.3, 0.4) is 0 Å². The molecule has 18 heavy (non-hydrogen) atoms. The second-order valence-electron chi connectivity index (χ2n) is 3.65. The Hall–Kier alpha value is -2.68. The molecule has 0 aliphatic carbocycles. The summed E-state index contributed by atoms with van der Waals surface area (Å²) in [6.07, 6.45) is 2.53. The molecule has 0 aliphatic heterocycles. The molecule has 0 fully saturated rings. The first-order valence-electron chi connectivity index (χ1n) is 5.04. The minimum absolute atomic E-state index is 0.0462. The van der Waals surface area contributed by atoms with Crippen LogP contribution >= 0.6 is 0 Å². The fraction of sp³-hybridized carbons (Fsp3) is 0.0833. The number of hydrogen-bond donors (Lipinski definition) is 1. The van der Waals surface area contributed by atoms with Gasteiger partial charge in [0.1, 0.15) is 5.82 Å². The van der Waals surface area contributed by atoms with Gasteiger partial charge in [-0.3, -0.25) is 4.68 Å². The molecule has 0 radical (unpaired) electrons. The first-order chi connectivity index (χ1) is 8.60. The van der Waals surface area contributed by atoms with Crippen LogP contribution in [0.25, 0.3) is 0 Å². The highest BCUT2D eigenvalue weighted by molar-refractivity contribution is 5.86. The Morgan fingerprint density at radius 2 is 2.33 bits per heavy atom. The summed E-state index contributed by atoms with van der Waals surface area (Å²) in [5, 5.41) is 21.5. The molecule has 1 N–H and O–H groups in total. The van der Waals surface area contributed by atoms with Crippen molar-refractivity contribution in [3.8, 4) is 6.07 Å². The quantitative estimate of drug-likeness (QED) is 0.891. The number of aromatic nitrogens is 2. The number of carboxylic acids is 1. The maximum atomic E-state index is 13.1. The Morgan fingerprint density at radius 3 is 2.94 bits per heavy atom. The number of hydrogen-bond acceptors (Lipinski definition) is 3. The van der Waals surface area contributed by atoms with Crippen LogP contribution in [0, 0.1) is 17.1 Å². The third kappa shape index (κ3) is 2.35. The number of carbonyl (C=O) groups is 1. The van der Waals surface area contributed by atoms with Gasteiger partial charge < -0.3 is 5.11 Å². The minimum atomic E-state index is -1.08. The molecule has 0 saturated heterocycles. The molecule has 0 amide bonds. The van der Waals surface area contributed by atoms with Gasteiger partial charge in [-0.05, 0) is 23.8 Å². The van der Waals surface area contributed by atoms with E-state index >= 15 is 0 Å². The lowest BCUT2D eigenvalue weighted by Crippen LogP contribution is -2.03. The molecular formula is C12H8FN3O2. The van der Waals surface area contributed by atoms with Crippen LogP contribution in [-0.4, -0.2) is 20.9 Å². The molecule has 1 aromatic carbocycles. The average Bonchev–Trinajstić information content (AvgIpc) is 2.78. The number of nitrogens with zero attached hydrogens (tertiary/aromatic N) is 3. The Labute approximate surface area is 102 Å². The molecule has 0 aliphatic rings. The van der Waals surface area contributed by atoms with Gasteiger partial charge >= 0.3 is 5.97 Å². The predicted octanol–water partition coefficient (Wildman–Crippen LogP) is 1.64. The molecule has 0 bridgehead atoms. The molecule has 0 spiro atoms. The molecule has 2 aromatic rings. The lowest BCUT2D eigenvalue weighted by molar-refractivity contribution is 0.0697.